The maximum atomic E-state index is 13.7. The fourth-order valence-electron chi connectivity index (χ4n) is 5.35. The molecule has 1 atom stereocenters. The molecule has 36 heavy (non-hydrogen) atoms. The Bertz CT molecular complexity index is 1380. The average molecular weight is 476 g/mol. The Morgan fingerprint density at radius 3 is 2.33 bits per heavy atom. The van der Waals surface area contributed by atoms with Crippen LogP contribution >= 0.6 is 0 Å². The summed E-state index contributed by atoms with van der Waals surface area (Å²) in [5.41, 5.74) is 2.83. The normalized spacial score (nSPS) is 18.0. The number of likely N-dealkylation sites (tertiary alicyclic amines) is 1. The number of piperidine rings is 1. The van der Waals surface area contributed by atoms with Gasteiger partial charge < -0.3 is 9.64 Å². The van der Waals surface area contributed by atoms with Crippen LogP contribution in [-0.4, -0.2) is 35.3 Å². The molecule has 2 aliphatic rings. The van der Waals surface area contributed by atoms with Crippen LogP contribution in [0.5, 0.6) is 5.75 Å². The van der Waals surface area contributed by atoms with Crippen LogP contribution in [0.2, 0.25) is 0 Å². The van der Waals surface area contributed by atoms with Crippen molar-refractivity contribution < 1.29 is 14.3 Å². The molecule has 0 radical (unpaired) electrons. The van der Waals surface area contributed by atoms with E-state index in [2.05, 4.69) is 12.1 Å². The minimum absolute atomic E-state index is 0.000661. The Kier molecular flexibility index (Phi) is 6.27. The van der Waals surface area contributed by atoms with Crippen molar-refractivity contribution in [3.05, 3.63) is 89.5 Å². The van der Waals surface area contributed by atoms with E-state index < -0.39 is 11.5 Å². The highest BCUT2D eigenvalue weighted by Gasteiger charge is 2.51. The zero-order valence-corrected chi connectivity index (χ0v) is 19.8. The largest absolute Gasteiger partial charge is 0.486 e. The third-order valence-electron chi connectivity index (χ3n) is 7.32. The van der Waals surface area contributed by atoms with E-state index in [1.54, 1.807) is 18.2 Å². The van der Waals surface area contributed by atoms with Gasteiger partial charge in [-0.2, -0.15) is 10.5 Å². The topological polar surface area (TPSA) is 94.2 Å². The van der Waals surface area contributed by atoms with Gasteiger partial charge in [-0.15, -0.1) is 0 Å². The van der Waals surface area contributed by atoms with Crippen LogP contribution in [0.4, 0.5) is 0 Å². The van der Waals surface area contributed by atoms with Crippen molar-refractivity contribution in [3.63, 3.8) is 0 Å². The van der Waals surface area contributed by atoms with Crippen molar-refractivity contribution in [2.75, 3.05) is 13.1 Å². The zero-order chi connectivity index (χ0) is 25.1. The van der Waals surface area contributed by atoms with E-state index in [1.807, 2.05) is 59.5 Å². The number of benzene rings is 3. The van der Waals surface area contributed by atoms with Crippen LogP contribution in [0.15, 0.2) is 72.8 Å². The summed E-state index contributed by atoms with van der Waals surface area (Å²) < 4.78 is 6.66. The Labute approximate surface area is 210 Å². The molecule has 5 rings (SSSR count). The van der Waals surface area contributed by atoms with E-state index in [4.69, 9.17) is 10.00 Å². The van der Waals surface area contributed by atoms with Crippen molar-refractivity contribution in [2.45, 2.75) is 31.3 Å². The summed E-state index contributed by atoms with van der Waals surface area (Å²) in [6, 6.07) is 26.4. The number of ether oxygens (including phenoxy) is 1. The van der Waals surface area contributed by atoms with Gasteiger partial charge in [0.15, 0.2) is 5.78 Å². The maximum Gasteiger partial charge on any atom is 0.253 e. The number of carbonyl (C=O) groups is 2. The Morgan fingerprint density at radius 1 is 0.972 bits per heavy atom. The van der Waals surface area contributed by atoms with E-state index in [9.17, 15) is 14.9 Å². The zero-order valence-electron chi connectivity index (χ0n) is 19.8. The Balaban J connectivity index is 1.44. The van der Waals surface area contributed by atoms with Crippen molar-refractivity contribution in [1.29, 1.82) is 10.5 Å². The number of hydrogen-bond donors (Lipinski definition) is 0. The molecule has 0 aromatic heterocycles. The quantitative estimate of drug-likeness (QED) is 0.504. The van der Waals surface area contributed by atoms with Crippen molar-refractivity contribution in [2.24, 2.45) is 5.92 Å². The summed E-state index contributed by atoms with van der Waals surface area (Å²) in [6.45, 7) is 0.962. The minimum atomic E-state index is -0.752. The van der Waals surface area contributed by atoms with E-state index in [0.29, 0.717) is 54.8 Å². The van der Waals surface area contributed by atoms with Crippen molar-refractivity contribution in [1.82, 2.24) is 4.90 Å². The first-order chi connectivity index (χ1) is 17.5. The molecule has 3 aromatic carbocycles. The molecule has 1 spiro atoms. The van der Waals surface area contributed by atoms with Crippen LogP contribution in [0.1, 0.15) is 52.0 Å². The Hall–Kier alpha value is -4.42. The lowest BCUT2D eigenvalue weighted by Gasteiger charge is -2.48. The van der Waals surface area contributed by atoms with Crippen LogP contribution in [-0.2, 0) is 0 Å². The molecule has 0 saturated carbocycles. The lowest BCUT2D eigenvalue weighted by atomic mass is 9.71. The fourth-order valence-corrected chi connectivity index (χ4v) is 5.35. The molecular formula is C30H25N3O3. The number of ketones is 1. The van der Waals surface area contributed by atoms with E-state index in [1.165, 1.54) is 0 Å². The standard InChI is InChI=1S/C30H25N3O3/c31-16-4-7-26-28(34)25-13-12-24(22-10-8-21(20-32)9-11-22)19-27(25)36-30(26)14-17-33(18-15-30)29(35)23-5-2-1-3-6-23/h1-3,5-6,8-13,19,26H,4,7,14-15,17-18H2. The molecule has 0 bridgehead atoms. The summed E-state index contributed by atoms with van der Waals surface area (Å²) in [6.07, 6.45) is 1.74. The number of Topliss-reactive ketones (excluding diaryl/α,β-unsaturated/α-hetero) is 1. The second kappa shape index (κ2) is 9.68. The predicted octanol–water partition coefficient (Wildman–Crippen LogP) is 5.40. The minimum Gasteiger partial charge on any atom is -0.486 e. The molecule has 1 amide bonds. The molecule has 2 heterocycles. The SMILES string of the molecule is N#CCCC1C(=O)c2ccc(-c3ccc(C#N)cc3)cc2OC12CCN(C(=O)c1ccccc1)CC2. The molecule has 1 fully saturated rings. The van der Waals surface area contributed by atoms with Gasteiger partial charge in [-0.3, -0.25) is 9.59 Å². The van der Waals surface area contributed by atoms with Crippen LogP contribution < -0.4 is 4.74 Å². The lowest BCUT2D eigenvalue weighted by molar-refractivity contribution is -0.0411. The van der Waals surface area contributed by atoms with Crippen LogP contribution in [0.25, 0.3) is 11.1 Å². The smallest absolute Gasteiger partial charge is 0.253 e. The van der Waals surface area contributed by atoms with Crippen molar-refractivity contribution in [3.8, 4) is 29.0 Å². The van der Waals surface area contributed by atoms with Crippen LogP contribution in [0, 0.1) is 28.6 Å². The summed E-state index contributed by atoms with van der Waals surface area (Å²) in [4.78, 5) is 28.5. The van der Waals surface area contributed by atoms with Gasteiger partial charge in [0, 0.05) is 37.9 Å². The summed E-state index contributed by atoms with van der Waals surface area (Å²) in [5.74, 6) is 0.0858. The predicted molar refractivity (Wildman–Crippen MR) is 134 cm³/mol. The third kappa shape index (κ3) is 4.23. The number of carbonyl (C=O) groups excluding carboxylic acids is 2. The first-order valence-corrected chi connectivity index (χ1v) is 12.1. The summed E-state index contributed by atoms with van der Waals surface area (Å²) in [5, 5.41) is 18.3. The number of nitriles is 2. The molecule has 178 valence electrons. The van der Waals surface area contributed by atoms with E-state index >= 15 is 0 Å². The number of nitrogens with zero attached hydrogens (tertiary/aromatic N) is 3. The molecule has 0 aliphatic carbocycles. The van der Waals surface area contributed by atoms with Gasteiger partial charge in [0.1, 0.15) is 11.4 Å². The Morgan fingerprint density at radius 2 is 1.67 bits per heavy atom. The highest BCUT2D eigenvalue weighted by molar-refractivity contribution is 6.03. The second-order valence-corrected chi connectivity index (χ2v) is 9.34. The highest BCUT2D eigenvalue weighted by atomic mass is 16.5. The van der Waals surface area contributed by atoms with Gasteiger partial charge in [-0.1, -0.05) is 36.4 Å². The van der Waals surface area contributed by atoms with Gasteiger partial charge in [-0.25, -0.2) is 0 Å². The molecular weight excluding hydrogens is 450 g/mol. The van der Waals surface area contributed by atoms with Gasteiger partial charge >= 0.3 is 0 Å². The van der Waals surface area contributed by atoms with Gasteiger partial charge in [0.05, 0.1) is 29.2 Å². The summed E-state index contributed by atoms with van der Waals surface area (Å²) in [7, 11) is 0. The highest BCUT2D eigenvalue weighted by Crippen LogP contribution is 2.46. The number of rotatable bonds is 4. The van der Waals surface area contributed by atoms with E-state index in [-0.39, 0.29) is 18.1 Å². The molecule has 3 aromatic rings. The lowest BCUT2D eigenvalue weighted by Crippen LogP contribution is -2.57. The van der Waals surface area contributed by atoms with Crippen LogP contribution in [0.3, 0.4) is 0 Å². The van der Waals surface area contributed by atoms with Gasteiger partial charge in [-0.05, 0) is 53.9 Å². The van der Waals surface area contributed by atoms with E-state index in [0.717, 1.165) is 11.1 Å². The fraction of sp³-hybridized carbons (Fsp3) is 0.267. The molecule has 6 nitrogen and oxygen atoms in total. The van der Waals surface area contributed by atoms with Crippen molar-refractivity contribution >= 4 is 11.7 Å². The number of amides is 1. The molecule has 1 unspecified atom stereocenters. The first-order valence-electron chi connectivity index (χ1n) is 12.1. The van der Waals surface area contributed by atoms with Gasteiger partial charge in [0.2, 0.25) is 0 Å². The number of hydrogen-bond acceptors (Lipinski definition) is 5. The number of fused-ring (bicyclic) bond motifs is 1. The maximum absolute atomic E-state index is 13.7. The molecule has 2 aliphatic heterocycles. The first kappa shape index (κ1) is 23.3. The monoisotopic (exact) mass is 475 g/mol. The summed E-state index contributed by atoms with van der Waals surface area (Å²) >= 11 is 0. The van der Waals surface area contributed by atoms with Gasteiger partial charge in [0.25, 0.3) is 5.91 Å². The molecule has 1 saturated heterocycles. The molecule has 6 heteroatoms. The average Bonchev–Trinajstić information content (AvgIpc) is 2.93. The molecule has 0 N–H and O–H groups in total. The third-order valence-corrected chi connectivity index (χ3v) is 7.32. The second-order valence-electron chi connectivity index (χ2n) is 9.34.